The topological polar surface area (TPSA) is 58.5 Å². The number of rotatable bonds is 6. The maximum atomic E-state index is 5.57. The third-order valence-electron chi connectivity index (χ3n) is 3.96. The van der Waals surface area contributed by atoms with Gasteiger partial charge in [0.2, 0.25) is 0 Å². The van der Waals surface area contributed by atoms with Crippen LogP contribution in [0.2, 0.25) is 0 Å². The fourth-order valence-corrected chi connectivity index (χ4v) is 3.19. The molecule has 144 valence electrons. The van der Waals surface area contributed by atoms with Crippen LogP contribution in [0.15, 0.2) is 40.7 Å². The zero-order valence-corrected chi connectivity index (χ0v) is 19.2. The predicted octanol–water partition coefficient (Wildman–Crippen LogP) is 4.15. The lowest BCUT2D eigenvalue weighted by Crippen LogP contribution is -2.45. The molecule has 1 atom stereocenters. The van der Waals surface area contributed by atoms with Gasteiger partial charge in [0, 0.05) is 31.6 Å². The summed E-state index contributed by atoms with van der Waals surface area (Å²) >= 11 is 1.65. The van der Waals surface area contributed by atoms with Crippen LogP contribution in [0.3, 0.4) is 0 Å². The molecule has 7 heteroatoms. The quantitative estimate of drug-likeness (QED) is 0.365. The van der Waals surface area contributed by atoms with Crippen LogP contribution in [0, 0.1) is 5.41 Å². The summed E-state index contributed by atoms with van der Waals surface area (Å²) in [5.41, 5.74) is 2.22. The lowest BCUT2D eigenvalue weighted by Gasteiger charge is -2.30. The number of aromatic nitrogens is 1. The number of nitrogens with zero attached hydrogens (tertiary/aromatic N) is 2. The maximum absolute atomic E-state index is 5.57. The van der Waals surface area contributed by atoms with E-state index in [-0.39, 0.29) is 35.5 Å². The largest absolute Gasteiger partial charge is 0.379 e. The van der Waals surface area contributed by atoms with Crippen LogP contribution >= 0.6 is 35.3 Å². The minimum atomic E-state index is 0. The highest BCUT2D eigenvalue weighted by Crippen LogP contribution is 2.22. The summed E-state index contributed by atoms with van der Waals surface area (Å²) in [6, 6.07) is 10.2. The Morgan fingerprint density at radius 3 is 2.50 bits per heavy atom. The lowest BCUT2D eigenvalue weighted by molar-refractivity contribution is 0.0205. The summed E-state index contributed by atoms with van der Waals surface area (Å²) in [6.07, 6.45) is 0.107. The molecular formula is C19H29IN4OS. The minimum absolute atomic E-state index is 0. The predicted molar refractivity (Wildman–Crippen MR) is 121 cm³/mol. The summed E-state index contributed by atoms with van der Waals surface area (Å²) in [7, 11) is 3.51. The molecule has 0 aliphatic heterocycles. The summed E-state index contributed by atoms with van der Waals surface area (Å²) in [5.74, 6) is 0.753. The number of nitrogens with one attached hydrogen (secondary N) is 2. The van der Waals surface area contributed by atoms with Crippen LogP contribution < -0.4 is 10.6 Å². The molecule has 1 aromatic carbocycles. The smallest absolute Gasteiger partial charge is 0.191 e. The number of benzene rings is 1. The van der Waals surface area contributed by atoms with E-state index in [4.69, 9.17) is 4.74 Å². The normalized spacial score (nSPS) is 13.0. The number of aliphatic imine (C=N–C) groups is 1. The van der Waals surface area contributed by atoms with E-state index in [1.807, 2.05) is 18.2 Å². The third kappa shape index (κ3) is 6.85. The average Bonchev–Trinajstić information content (AvgIpc) is 3.06. The highest BCUT2D eigenvalue weighted by atomic mass is 127. The molecule has 2 rings (SSSR count). The highest BCUT2D eigenvalue weighted by molar-refractivity contribution is 14.0. The summed E-state index contributed by atoms with van der Waals surface area (Å²) in [6.45, 7) is 7.84. The Bertz CT molecular complexity index is 682. The third-order valence-corrected chi connectivity index (χ3v) is 4.81. The van der Waals surface area contributed by atoms with Gasteiger partial charge in [0.1, 0.15) is 5.01 Å². The number of ether oxygens (including phenoxy) is 1. The van der Waals surface area contributed by atoms with E-state index in [1.54, 1.807) is 25.5 Å². The molecule has 2 aromatic rings. The Labute approximate surface area is 177 Å². The molecule has 0 bridgehead atoms. The molecule has 1 aromatic heterocycles. The second-order valence-electron chi connectivity index (χ2n) is 6.89. The molecule has 5 nitrogen and oxygen atoms in total. The van der Waals surface area contributed by atoms with Gasteiger partial charge >= 0.3 is 0 Å². The maximum Gasteiger partial charge on any atom is 0.191 e. The van der Waals surface area contributed by atoms with E-state index in [0.29, 0.717) is 13.1 Å². The number of halogens is 1. The van der Waals surface area contributed by atoms with Crippen molar-refractivity contribution in [3.05, 3.63) is 40.7 Å². The molecule has 0 aliphatic carbocycles. The van der Waals surface area contributed by atoms with E-state index in [0.717, 1.165) is 22.2 Å². The molecule has 0 aliphatic rings. The fourth-order valence-electron chi connectivity index (χ4n) is 2.45. The number of guanidine groups is 1. The molecule has 1 unspecified atom stereocenters. The standard InChI is InChI=1S/C19H28N4OS.HI/c1-19(2,3)16(24-5)11-21-18(20-4)22-12-17-23-15(13-25-17)14-9-7-6-8-10-14;/h6-10,13,16H,11-12H2,1-5H3,(H2,20,21,22);1H. The second-order valence-corrected chi connectivity index (χ2v) is 7.83. The van der Waals surface area contributed by atoms with Crippen LogP contribution in [0.25, 0.3) is 11.3 Å². The van der Waals surface area contributed by atoms with Crippen LogP contribution in [0.4, 0.5) is 0 Å². The first-order valence-electron chi connectivity index (χ1n) is 8.41. The highest BCUT2D eigenvalue weighted by Gasteiger charge is 2.24. The van der Waals surface area contributed by atoms with E-state index < -0.39 is 0 Å². The van der Waals surface area contributed by atoms with Crippen molar-refractivity contribution in [2.75, 3.05) is 20.7 Å². The molecule has 1 heterocycles. The zero-order valence-electron chi connectivity index (χ0n) is 16.1. The Morgan fingerprint density at radius 1 is 1.23 bits per heavy atom. The van der Waals surface area contributed by atoms with Crippen molar-refractivity contribution in [2.24, 2.45) is 10.4 Å². The van der Waals surface area contributed by atoms with Crippen LogP contribution in [0.5, 0.6) is 0 Å². The first-order valence-corrected chi connectivity index (χ1v) is 9.29. The molecular weight excluding hydrogens is 459 g/mol. The Kier molecular flexibility index (Phi) is 9.52. The van der Waals surface area contributed by atoms with Gasteiger partial charge in [-0.1, -0.05) is 51.1 Å². The van der Waals surface area contributed by atoms with E-state index in [1.165, 1.54) is 0 Å². The van der Waals surface area contributed by atoms with Crippen LogP contribution in [-0.4, -0.2) is 37.7 Å². The van der Waals surface area contributed by atoms with Gasteiger partial charge in [0.15, 0.2) is 5.96 Å². The minimum Gasteiger partial charge on any atom is -0.379 e. The van der Waals surface area contributed by atoms with Crippen molar-refractivity contribution >= 4 is 41.3 Å². The van der Waals surface area contributed by atoms with E-state index >= 15 is 0 Å². The van der Waals surface area contributed by atoms with Crippen molar-refractivity contribution in [2.45, 2.75) is 33.4 Å². The SMILES string of the molecule is CN=C(NCc1nc(-c2ccccc2)cs1)NCC(OC)C(C)(C)C.I. The fraction of sp³-hybridized carbons (Fsp3) is 0.474. The monoisotopic (exact) mass is 488 g/mol. The number of hydrogen-bond acceptors (Lipinski definition) is 4. The van der Waals surface area contributed by atoms with E-state index in [9.17, 15) is 0 Å². The van der Waals surface area contributed by atoms with Gasteiger partial charge < -0.3 is 15.4 Å². The molecule has 26 heavy (non-hydrogen) atoms. The summed E-state index contributed by atoms with van der Waals surface area (Å²) < 4.78 is 5.57. The van der Waals surface area contributed by atoms with Gasteiger partial charge in [-0.05, 0) is 5.41 Å². The number of methoxy groups -OCH3 is 1. The summed E-state index contributed by atoms with van der Waals surface area (Å²) in [4.78, 5) is 8.96. The van der Waals surface area contributed by atoms with Crippen molar-refractivity contribution < 1.29 is 4.74 Å². The first kappa shape index (κ1) is 22.9. The Balaban J connectivity index is 0.00000338. The first-order chi connectivity index (χ1) is 11.9. The van der Waals surface area contributed by atoms with Gasteiger partial charge in [0.25, 0.3) is 0 Å². The van der Waals surface area contributed by atoms with E-state index in [2.05, 4.69) is 58.9 Å². The molecule has 2 N–H and O–H groups in total. The van der Waals surface area contributed by atoms with Gasteiger partial charge in [-0.15, -0.1) is 35.3 Å². The average molecular weight is 488 g/mol. The molecule has 0 spiro atoms. The van der Waals surface area contributed by atoms with Gasteiger partial charge in [-0.2, -0.15) is 0 Å². The van der Waals surface area contributed by atoms with Crippen molar-refractivity contribution in [1.82, 2.24) is 15.6 Å². The van der Waals surface area contributed by atoms with Crippen molar-refractivity contribution in [1.29, 1.82) is 0 Å². The molecule has 0 radical (unpaired) electrons. The van der Waals surface area contributed by atoms with Gasteiger partial charge in [-0.25, -0.2) is 4.98 Å². The van der Waals surface area contributed by atoms with Crippen LogP contribution in [-0.2, 0) is 11.3 Å². The van der Waals surface area contributed by atoms with Crippen LogP contribution in [0.1, 0.15) is 25.8 Å². The lowest BCUT2D eigenvalue weighted by atomic mass is 9.89. The van der Waals surface area contributed by atoms with Gasteiger partial charge in [0.05, 0.1) is 18.3 Å². The Hall–Kier alpha value is -1.19. The number of hydrogen-bond donors (Lipinski definition) is 2. The molecule has 0 saturated carbocycles. The molecule has 0 fully saturated rings. The van der Waals surface area contributed by atoms with Crippen molar-refractivity contribution in [3.63, 3.8) is 0 Å². The second kappa shape index (κ2) is 10.8. The molecule has 0 saturated heterocycles. The molecule has 0 amide bonds. The Morgan fingerprint density at radius 2 is 1.92 bits per heavy atom. The summed E-state index contributed by atoms with van der Waals surface area (Å²) in [5, 5.41) is 9.75. The number of thiazole rings is 1. The van der Waals surface area contributed by atoms with Gasteiger partial charge in [-0.3, -0.25) is 4.99 Å². The van der Waals surface area contributed by atoms with Crippen molar-refractivity contribution in [3.8, 4) is 11.3 Å². The zero-order chi connectivity index (χ0) is 18.3.